The normalized spacial score (nSPS) is 31.4. The quantitative estimate of drug-likeness (QED) is 0.773. The molecule has 16 heavy (non-hydrogen) atoms. The summed E-state index contributed by atoms with van der Waals surface area (Å²) in [7, 11) is 1.64. The van der Waals surface area contributed by atoms with Crippen LogP contribution in [0.2, 0.25) is 0 Å². The van der Waals surface area contributed by atoms with Crippen LogP contribution in [0, 0.1) is 5.92 Å². The third kappa shape index (κ3) is 2.67. The van der Waals surface area contributed by atoms with Gasteiger partial charge >= 0.3 is 0 Å². The van der Waals surface area contributed by atoms with Gasteiger partial charge in [-0.25, -0.2) is 0 Å². The zero-order valence-corrected chi connectivity index (χ0v) is 10.7. The molecule has 1 saturated heterocycles. The second-order valence-corrected chi connectivity index (χ2v) is 4.74. The summed E-state index contributed by atoms with van der Waals surface area (Å²) >= 11 is 0. The summed E-state index contributed by atoms with van der Waals surface area (Å²) in [5.74, 6) is 0.727. The molecule has 1 aliphatic carbocycles. The molecule has 1 aliphatic heterocycles. The fourth-order valence-corrected chi connectivity index (χ4v) is 2.18. The number of hydrogen-bond donors (Lipinski definition) is 2. The molecule has 2 N–H and O–H groups in total. The van der Waals surface area contributed by atoms with E-state index in [-0.39, 0.29) is 18.3 Å². The highest BCUT2D eigenvalue weighted by Crippen LogP contribution is 2.31. The van der Waals surface area contributed by atoms with E-state index in [1.54, 1.807) is 7.11 Å². The Hall–Kier alpha value is -0.320. The van der Waals surface area contributed by atoms with Crippen LogP contribution in [0.3, 0.4) is 0 Å². The van der Waals surface area contributed by atoms with E-state index in [0.717, 1.165) is 32.4 Å². The van der Waals surface area contributed by atoms with E-state index < -0.39 is 5.60 Å². The maximum Gasteiger partial charge on any atom is 0.252 e. The second kappa shape index (κ2) is 5.34. The smallest absolute Gasteiger partial charge is 0.252 e. The standard InChI is InChI=1S/C11H20N2O2.ClH/c1-8-7-9(8)13-10(14)11(15-2)3-5-12-6-4-11;/h8-9,12H,3-7H2,1-2H3,(H,13,14);1H. The Morgan fingerprint density at radius 3 is 2.44 bits per heavy atom. The molecule has 1 heterocycles. The van der Waals surface area contributed by atoms with Crippen molar-refractivity contribution in [3.63, 3.8) is 0 Å². The number of hydrogen-bond acceptors (Lipinski definition) is 3. The van der Waals surface area contributed by atoms with Gasteiger partial charge in [0, 0.05) is 13.2 Å². The maximum absolute atomic E-state index is 12.1. The summed E-state index contributed by atoms with van der Waals surface area (Å²) in [6.45, 7) is 3.88. The minimum Gasteiger partial charge on any atom is -0.368 e. The summed E-state index contributed by atoms with van der Waals surface area (Å²) in [5.41, 5.74) is -0.576. The highest BCUT2D eigenvalue weighted by molar-refractivity contribution is 5.86. The number of carbonyl (C=O) groups excluding carboxylic acids is 1. The van der Waals surface area contributed by atoms with Gasteiger partial charge in [-0.2, -0.15) is 0 Å². The van der Waals surface area contributed by atoms with Crippen molar-refractivity contribution >= 4 is 18.3 Å². The molecule has 0 radical (unpaired) electrons. The molecule has 1 amide bonds. The molecule has 2 unspecified atom stereocenters. The van der Waals surface area contributed by atoms with Crippen LogP contribution in [0.5, 0.6) is 0 Å². The monoisotopic (exact) mass is 248 g/mol. The molecular formula is C11H21ClN2O2. The number of methoxy groups -OCH3 is 1. The molecule has 2 aliphatic rings. The van der Waals surface area contributed by atoms with Crippen LogP contribution in [0.15, 0.2) is 0 Å². The first-order chi connectivity index (χ1) is 7.18. The topological polar surface area (TPSA) is 50.4 Å². The van der Waals surface area contributed by atoms with Crippen LogP contribution in [0.1, 0.15) is 26.2 Å². The van der Waals surface area contributed by atoms with Crippen LogP contribution in [-0.4, -0.2) is 37.7 Å². The van der Waals surface area contributed by atoms with E-state index in [2.05, 4.69) is 17.6 Å². The number of carbonyl (C=O) groups is 1. The van der Waals surface area contributed by atoms with Gasteiger partial charge in [-0.3, -0.25) is 4.79 Å². The lowest BCUT2D eigenvalue weighted by Gasteiger charge is -2.34. The van der Waals surface area contributed by atoms with Gasteiger partial charge in [0.25, 0.3) is 5.91 Å². The molecule has 0 spiro atoms. The summed E-state index contributed by atoms with van der Waals surface area (Å²) in [6, 6.07) is 0.388. The number of halogens is 1. The zero-order valence-electron chi connectivity index (χ0n) is 9.91. The summed E-state index contributed by atoms with van der Waals surface area (Å²) < 4.78 is 5.45. The van der Waals surface area contributed by atoms with Gasteiger partial charge in [-0.05, 0) is 38.3 Å². The Labute approximate surface area is 103 Å². The molecule has 0 aromatic heterocycles. The fraction of sp³-hybridized carbons (Fsp3) is 0.909. The molecule has 2 atom stereocenters. The summed E-state index contributed by atoms with van der Waals surface area (Å²) in [6.07, 6.45) is 2.66. The van der Waals surface area contributed by atoms with E-state index in [9.17, 15) is 4.79 Å². The minimum atomic E-state index is -0.576. The highest BCUT2D eigenvalue weighted by Gasteiger charge is 2.43. The van der Waals surface area contributed by atoms with Crippen molar-refractivity contribution in [1.82, 2.24) is 10.6 Å². The van der Waals surface area contributed by atoms with Gasteiger partial charge in [0.2, 0.25) is 0 Å². The molecule has 5 heteroatoms. The molecule has 2 rings (SSSR count). The molecule has 2 fully saturated rings. The Kier molecular flexibility index (Phi) is 4.59. The first-order valence-electron chi connectivity index (χ1n) is 5.75. The Morgan fingerprint density at radius 1 is 1.44 bits per heavy atom. The van der Waals surface area contributed by atoms with E-state index in [1.807, 2.05) is 0 Å². The fourth-order valence-electron chi connectivity index (χ4n) is 2.18. The average molecular weight is 249 g/mol. The van der Waals surface area contributed by atoms with Gasteiger partial charge < -0.3 is 15.4 Å². The first-order valence-corrected chi connectivity index (χ1v) is 5.75. The number of rotatable bonds is 3. The SMILES string of the molecule is COC1(C(=O)NC2CC2C)CCNCC1.Cl. The number of piperidine rings is 1. The average Bonchev–Trinajstić information content (AvgIpc) is 2.95. The van der Waals surface area contributed by atoms with Crippen LogP contribution >= 0.6 is 12.4 Å². The van der Waals surface area contributed by atoms with E-state index >= 15 is 0 Å². The molecule has 1 saturated carbocycles. The molecule has 0 bridgehead atoms. The Bertz CT molecular complexity index is 254. The second-order valence-electron chi connectivity index (χ2n) is 4.74. The van der Waals surface area contributed by atoms with E-state index in [1.165, 1.54) is 0 Å². The minimum absolute atomic E-state index is 0. The van der Waals surface area contributed by atoms with Gasteiger partial charge in [-0.15, -0.1) is 12.4 Å². The third-order valence-corrected chi connectivity index (χ3v) is 3.64. The predicted molar refractivity (Wildman–Crippen MR) is 64.8 cm³/mol. The molecule has 0 aromatic rings. The van der Waals surface area contributed by atoms with Crippen molar-refractivity contribution in [2.24, 2.45) is 5.92 Å². The third-order valence-electron chi connectivity index (χ3n) is 3.64. The first kappa shape index (κ1) is 13.7. The Morgan fingerprint density at radius 2 is 2.00 bits per heavy atom. The van der Waals surface area contributed by atoms with Gasteiger partial charge in [0.15, 0.2) is 0 Å². The molecule has 94 valence electrons. The molecular weight excluding hydrogens is 228 g/mol. The molecule has 0 aromatic carbocycles. The van der Waals surface area contributed by atoms with Crippen molar-refractivity contribution in [1.29, 1.82) is 0 Å². The van der Waals surface area contributed by atoms with Gasteiger partial charge in [-0.1, -0.05) is 6.92 Å². The zero-order chi connectivity index (χ0) is 10.9. The van der Waals surface area contributed by atoms with Crippen LogP contribution < -0.4 is 10.6 Å². The lowest BCUT2D eigenvalue weighted by atomic mass is 9.91. The number of ether oxygens (including phenoxy) is 1. The summed E-state index contributed by atoms with van der Waals surface area (Å²) in [4.78, 5) is 12.1. The summed E-state index contributed by atoms with van der Waals surface area (Å²) in [5, 5.41) is 6.32. The van der Waals surface area contributed by atoms with Crippen molar-refractivity contribution < 1.29 is 9.53 Å². The van der Waals surface area contributed by atoms with Crippen LogP contribution in [-0.2, 0) is 9.53 Å². The van der Waals surface area contributed by atoms with Gasteiger partial charge in [0.1, 0.15) is 5.60 Å². The van der Waals surface area contributed by atoms with Crippen molar-refractivity contribution in [3.8, 4) is 0 Å². The van der Waals surface area contributed by atoms with Crippen LogP contribution in [0.25, 0.3) is 0 Å². The lowest BCUT2D eigenvalue weighted by molar-refractivity contribution is -0.146. The number of nitrogens with one attached hydrogen (secondary N) is 2. The number of amides is 1. The highest BCUT2D eigenvalue weighted by atomic mass is 35.5. The van der Waals surface area contributed by atoms with Crippen molar-refractivity contribution in [2.75, 3.05) is 20.2 Å². The largest absolute Gasteiger partial charge is 0.368 e. The van der Waals surface area contributed by atoms with Crippen molar-refractivity contribution in [2.45, 2.75) is 37.8 Å². The van der Waals surface area contributed by atoms with E-state index in [4.69, 9.17) is 4.74 Å². The van der Waals surface area contributed by atoms with Crippen molar-refractivity contribution in [3.05, 3.63) is 0 Å². The van der Waals surface area contributed by atoms with E-state index in [0.29, 0.717) is 12.0 Å². The lowest BCUT2D eigenvalue weighted by Crippen LogP contribution is -2.54. The van der Waals surface area contributed by atoms with Crippen LogP contribution in [0.4, 0.5) is 0 Å². The maximum atomic E-state index is 12.1. The Balaban J connectivity index is 0.00000128. The molecule has 4 nitrogen and oxygen atoms in total. The predicted octanol–water partition coefficient (Wildman–Crippen LogP) is 0.701. The van der Waals surface area contributed by atoms with Gasteiger partial charge in [0.05, 0.1) is 0 Å².